The standard InChI is InChI=1S/C35H42O6S2/c1-3-11-27-26(36)16-17-28-29(39-27)20-30-33(41-28)34(38-23-25-14-8-5-9-15-25)32(37-22-24-12-6-4-7-13-24)31(40-30)21-35(2)42-18-10-19-43-35/h1,4-9,12-17,26-34,36H,10-11,18-23H2,2H3/t26?,27?,28-,29+,30-,31?,32+,33-,34-/m1/s1. The van der Waals surface area contributed by atoms with E-state index in [0.717, 1.165) is 29.1 Å². The highest BCUT2D eigenvalue weighted by atomic mass is 32.2. The van der Waals surface area contributed by atoms with E-state index < -0.39 is 12.2 Å². The van der Waals surface area contributed by atoms with Crippen LogP contribution in [0.2, 0.25) is 0 Å². The van der Waals surface area contributed by atoms with Crippen LogP contribution in [0.4, 0.5) is 0 Å². The van der Waals surface area contributed by atoms with Crippen molar-refractivity contribution in [3.05, 3.63) is 83.9 Å². The Kier molecular flexibility index (Phi) is 10.5. The molecule has 0 aliphatic carbocycles. The second-order valence-electron chi connectivity index (χ2n) is 11.9. The Bertz CT molecular complexity index is 1230. The van der Waals surface area contributed by atoms with Crippen LogP contribution in [-0.4, -0.2) is 75.6 Å². The Morgan fingerprint density at radius 1 is 0.860 bits per heavy atom. The van der Waals surface area contributed by atoms with Crippen LogP contribution in [0.3, 0.4) is 0 Å². The third-order valence-corrected chi connectivity index (χ3v) is 11.9. The molecule has 6 rings (SSSR count). The van der Waals surface area contributed by atoms with Crippen molar-refractivity contribution in [1.82, 2.24) is 0 Å². The smallest absolute Gasteiger partial charge is 0.115 e. The molecule has 4 aliphatic rings. The highest BCUT2D eigenvalue weighted by Gasteiger charge is 2.54. The molecule has 3 unspecified atom stereocenters. The van der Waals surface area contributed by atoms with Gasteiger partial charge >= 0.3 is 0 Å². The Morgan fingerprint density at radius 2 is 1.49 bits per heavy atom. The van der Waals surface area contributed by atoms with Crippen molar-refractivity contribution in [3.8, 4) is 12.3 Å². The molecule has 9 atom stereocenters. The maximum Gasteiger partial charge on any atom is 0.115 e. The predicted octanol–water partition coefficient (Wildman–Crippen LogP) is 5.77. The normalized spacial score (nSPS) is 35.2. The summed E-state index contributed by atoms with van der Waals surface area (Å²) in [5, 5.41) is 10.7. The first-order valence-corrected chi connectivity index (χ1v) is 17.3. The third kappa shape index (κ3) is 7.71. The number of terminal acetylenes is 1. The van der Waals surface area contributed by atoms with Gasteiger partial charge in [0.2, 0.25) is 0 Å². The number of hydrogen-bond donors (Lipinski definition) is 1. The number of fused-ring (bicyclic) bond motifs is 2. The molecule has 0 bridgehead atoms. The molecule has 0 aromatic heterocycles. The first-order valence-electron chi connectivity index (χ1n) is 15.4. The summed E-state index contributed by atoms with van der Waals surface area (Å²) in [7, 11) is 0. The fourth-order valence-electron chi connectivity index (χ4n) is 6.47. The van der Waals surface area contributed by atoms with Crippen LogP contribution in [0.1, 0.15) is 43.7 Å². The number of rotatable bonds is 9. The Morgan fingerprint density at radius 3 is 2.14 bits per heavy atom. The Balaban J connectivity index is 1.30. The number of ether oxygens (including phenoxy) is 5. The van der Waals surface area contributed by atoms with Gasteiger partial charge in [0.05, 0.1) is 47.8 Å². The zero-order valence-corrected chi connectivity index (χ0v) is 26.3. The molecule has 0 radical (unpaired) electrons. The van der Waals surface area contributed by atoms with Crippen molar-refractivity contribution >= 4 is 23.5 Å². The molecule has 8 heteroatoms. The molecular weight excluding hydrogens is 581 g/mol. The van der Waals surface area contributed by atoms with E-state index in [1.54, 1.807) is 6.08 Å². The first kappa shape index (κ1) is 31.2. The molecule has 1 N–H and O–H groups in total. The van der Waals surface area contributed by atoms with Crippen LogP contribution in [0.25, 0.3) is 0 Å². The van der Waals surface area contributed by atoms with Crippen LogP contribution in [0.5, 0.6) is 0 Å². The summed E-state index contributed by atoms with van der Waals surface area (Å²) in [6, 6.07) is 20.5. The first-order chi connectivity index (χ1) is 21.0. The molecule has 3 saturated heterocycles. The maximum atomic E-state index is 10.7. The maximum absolute atomic E-state index is 10.7. The molecule has 4 heterocycles. The van der Waals surface area contributed by atoms with Gasteiger partial charge in [-0.1, -0.05) is 72.8 Å². The third-order valence-electron chi connectivity index (χ3n) is 8.67. The van der Waals surface area contributed by atoms with Crippen molar-refractivity contribution in [3.63, 3.8) is 0 Å². The topological polar surface area (TPSA) is 66.4 Å². The highest BCUT2D eigenvalue weighted by molar-refractivity contribution is 8.18. The van der Waals surface area contributed by atoms with E-state index in [-0.39, 0.29) is 46.8 Å². The highest BCUT2D eigenvalue weighted by Crippen LogP contribution is 2.48. The van der Waals surface area contributed by atoms with E-state index in [2.05, 4.69) is 37.1 Å². The Labute approximate surface area is 264 Å². The lowest BCUT2D eigenvalue weighted by molar-refractivity contribution is -0.300. The van der Waals surface area contributed by atoms with Gasteiger partial charge in [-0.25, -0.2) is 0 Å². The largest absolute Gasteiger partial charge is 0.386 e. The summed E-state index contributed by atoms with van der Waals surface area (Å²) in [5.74, 6) is 4.95. The number of benzene rings is 2. The molecule has 6 nitrogen and oxygen atoms in total. The predicted molar refractivity (Wildman–Crippen MR) is 172 cm³/mol. The van der Waals surface area contributed by atoms with Gasteiger partial charge in [0.25, 0.3) is 0 Å². The number of hydrogen-bond acceptors (Lipinski definition) is 8. The van der Waals surface area contributed by atoms with Crippen LogP contribution in [0, 0.1) is 12.3 Å². The number of aliphatic hydroxyl groups excluding tert-OH is 1. The van der Waals surface area contributed by atoms with Gasteiger partial charge in [0.15, 0.2) is 0 Å². The van der Waals surface area contributed by atoms with Gasteiger partial charge < -0.3 is 28.8 Å². The van der Waals surface area contributed by atoms with E-state index in [1.165, 1.54) is 6.42 Å². The van der Waals surface area contributed by atoms with E-state index in [0.29, 0.717) is 26.1 Å². The second-order valence-corrected chi connectivity index (χ2v) is 15.4. The minimum Gasteiger partial charge on any atom is -0.386 e. The average Bonchev–Trinajstić information content (AvgIpc) is 3.17. The Hall–Kier alpha value is -1.80. The summed E-state index contributed by atoms with van der Waals surface area (Å²) in [5.41, 5.74) is 2.21. The van der Waals surface area contributed by atoms with Gasteiger partial charge in [0.1, 0.15) is 24.4 Å². The summed E-state index contributed by atoms with van der Waals surface area (Å²) < 4.78 is 33.8. The molecule has 2 aromatic carbocycles. The lowest BCUT2D eigenvalue weighted by Crippen LogP contribution is -2.65. The van der Waals surface area contributed by atoms with Crippen molar-refractivity contribution in [2.75, 3.05) is 11.5 Å². The van der Waals surface area contributed by atoms with Crippen LogP contribution >= 0.6 is 23.5 Å². The molecule has 0 saturated carbocycles. The van der Waals surface area contributed by atoms with Crippen LogP contribution in [-0.2, 0) is 36.9 Å². The zero-order chi connectivity index (χ0) is 29.6. The van der Waals surface area contributed by atoms with Crippen LogP contribution in [0.15, 0.2) is 72.8 Å². The number of thioether (sulfide) groups is 2. The monoisotopic (exact) mass is 622 g/mol. The average molecular weight is 623 g/mol. The number of aliphatic hydroxyl groups is 1. The fraction of sp³-hybridized carbons (Fsp3) is 0.543. The van der Waals surface area contributed by atoms with Crippen molar-refractivity contribution in [2.24, 2.45) is 0 Å². The van der Waals surface area contributed by atoms with E-state index in [9.17, 15) is 5.11 Å². The molecule has 4 aliphatic heterocycles. The molecule has 0 spiro atoms. The minimum atomic E-state index is -0.784. The molecule has 3 fully saturated rings. The molecule has 230 valence electrons. The van der Waals surface area contributed by atoms with E-state index >= 15 is 0 Å². The lowest BCUT2D eigenvalue weighted by Gasteiger charge is -2.52. The zero-order valence-electron chi connectivity index (χ0n) is 24.7. The lowest BCUT2D eigenvalue weighted by atomic mass is 9.86. The molecule has 2 aromatic rings. The van der Waals surface area contributed by atoms with Gasteiger partial charge in [-0.2, -0.15) is 0 Å². The van der Waals surface area contributed by atoms with Crippen LogP contribution < -0.4 is 0 Å². The summed E-state index contributed by atoms with van der Waals surface area (Å²) in [6.07, 6.45) is 8.89. The fourth-order valence-corrected chi connectivity index (χ4v) is 9.49. The molecular formula is C35H42O6S2. The van der Waals surface area contributed by atoms with Gasteiger partial charge in [-0.05, 0) is 42.4 Å². The summed E-state index contributed by atoms with van der Waals surface area (Å²) in [4.78, 5) is 0. The van der Waals surface area contributed by atoms with Gasteiger partial charge in [-0.3, -0.25) is 0 Å². The molecule has 0 amide bonds. The quantitative estimate of drug-likeness (QED) is 0.280. The summed E-state index contributed by atoms with van der Waals surface area (Å²) in [6.45, 7) is 3.24. The minimum absolute atomic E-state index is 0.0235. The van der Waals surface area contributed by atoms with E-state index in [4.69, 9.17) is 30.1 Å². The van der Waals surface area contributed by atoms with E-state index in [1.807, 2.05) is 66.0 Å². The summed E-state index contributed by atoms with van der Waals surface area (Å²) >= 11 is 4.04. The SMILES string of the molecule is C#CCC1O[C@H]2C[C@H]3OC(CC4(C)SCCCS4)[C@H](OCc4ccccc4)[C@@H](OCc4ccccc4)[C@@H]3O[C@@H]2C=CC1O. The van der Waals surface area contributed by atoms with Gasteiger partial charge in [-0.15, -0.1) is 35.9 Å². The van der Waals surface area contributed by atoms with Crippen molar-refractivity contribution in [1.29, 1.82) is 0 Å². The second kappa shape index (κ2) is 14.5. The van der Waals surface area contributed by atoms with Gasteiger partial charge in [0, 0.05) is 12.8 Å². The van der Waals surface area contributed by atoms with Crippen molar-refractivity contribution < 1.29 is 28.8 Å². The molecule has 43 heavy (non-hydrogen) atoms. The van der Waals surface area contributed by atoms with Crippen molar-refractivity contribution in [2.45, 2.75) is 105 Å².